The normalized spacial score (nSPS) is 11.6. The summed E-state index contributed by atoms with van der Waals surface area (Å²) >= 11 is 11.8. The molecule has 0 amide bonds. The number of hydrogen-bond donors (Lipinski definition) is 0. The summed E-state index contributed by atoms with van der Waals surface area (Å²) in [6, 6.07) is 10.5. The second-order valence-electron chi connectivity index (χ2n) is 4.94. The summed E-state index contributed by atoms with van der Waals surface area (Å²) in [5.41, 5.74) is 0.679. The molecular formula is C16H15Cl2NO5S. The Morgan fingerprint density at radius 1 is 1.12 bits per heavy atom. The second-order valence-corrected chi connectivity index (χ2v) is 7.72. The quantitative estimate of drug-likeness (QED) is 0.544. The maximum atomic E-state index is 12.3. The van der Waals surface area contributed by atoms with Crippen molar-refractivity contribution in [2.24, 2.45) is 0 Å². The molecule has 0 aliphatic rings. The number of carbonyl (C=O) groups is 1. The maximum absolute atomic E-state index is 12.3. The van der Waals surface area contributed by atoms with Gasteiger partial charge < -0.3 is 4.74 Å². The molecule has 0 atom stereocenters. The zero-order valence-electron chi connectivity index (χ0n) is 13.4. The summed E-state index contributed by atoms with van der Waals surface area (Å²) in [7, 11) is -1.45. The predicted octanol–water partition coefficient (Wildman–Crippen LogP) is 3.53. The zero-order valence-corrected chi connectivity index (χ0v) is 15.7. The van der Waals surface area contributed by atoms with Crippen LogP contribution in [-0.4, -0.2) is 33.0 Å². The van der Waals surface area contributed by atoms with Crippen LogP contribution in [0.3, 0.4) is 0 Å². The van der Waals surface area contributed by atoms with E-state index in [1.54, 1.807) is 24.3 Å². The largest absolute Gasteiger partial charge is 0.457 e. The number of esters is 1. The van der Waals surface area contributed by atoms with Crippen LogP contribution >= 0.6 is 23.2 Å². The van der Waals surface area contributed by atoms with E-state index in [9.17, 15) is 13.2 Å². The molecule has 6 nitrogen and oxygen atoms in total. The lowest BCUT2D eigenvalue weighted by atomic mass is 10.2. The van der Waals surface area contributed by atoms with Gasteiger partial charge in [0.05, 0.1) is 22.6 Å². The minimum atomic E-state index is -3.90. The van der Waals surface area contributed by atoms with Crippen molar-refractivity contribution in [2.75, 3.05) is 14.2 Å². The average molecular weight is 404 g/mol. The highest BCUT2D eigenvalue weighted by Gasteiger charge is 2.23. The van der Waals surface area contributed by atoms with Gasteiger partial charge in [-0.3, -0.25) is 4.84 Å². The Hall–Kier alpha value is -1.64. The fourth-order valence-corrected chi connectivity index (χ4v) is 3.20. The van der Waals surface area contributed by atoms with Gasteiger partial charge in [0.2, 0.25) is 0 Å². The van der Waals surface area contributed by atoms with Crippen LogP contribution in [0.2, 0.25) is 10.0 Å². The van der Waals surface area contributed by atoms with Crippen LogP contribution in [0.15, 0.2) is 47.4 Å². The van der Waals surface area contributed by atoms with Gasteiger partial charge in [0.15, 0.2) is 0 Å². The van der Waals surface area contributed by atoms with Crippen molar-refractivity contribution in [3.05, 3.63) is 63.6 Å². The lowest BCUT2D eigenvalue weighted by Crippen LogP contribution is -2.26. The number of sulfonamides is 1. The first kappa shape index (κ1) is 19.7. The Balaban J connectivity index is 2.22. The highest BCUT2D eigenvalue weighted by Crippen LogP contribution is 2.23. The predicted molar refractivity (Wildman–Crippen MR) is 94.0 cm³/mol. The average Bonchev–Trinajstić information content (AvgIpc) is 2.60. The van der Waals surface area contributed by atoms with Gasteiger partial charge in [-0.25, -0.2) is 13.2 Å². The number of benzene rings is 2. The Labute approximate surface area is 155 Å². The van der Waals surface area contributed by atoms with Crippen molar-refractivity contribution in [2.45, 2.75) is 11.5 Å². The first-order chi connectivity index (χ1) is 11.8. The molecule has 2 aromatic carbocycles. The molecule has 0 fully saturated rings. The van der Waals surface area contributed by atoms with Crippen LogP contribution in [0.5, 0.6) is 0 Å². The maximum Gasteiger partial charge on any atom is 0.340 e. The van der Waals surface area contributed by atoms with E-state index >= 15 is 0 Å². The Morgan fingerprint density at radius 3 is 2.36 bits per heavy atom. The minimum Gasteiger partial charge on any atom is -0.457 e. The molecule has 0 radical (unpaired) electrons. The molecule has 25 heavy (non-hydrogen) atoms. The lowest BCUT2D eigenvalue weighted by molar-refractivity contribution is -0.0258. The van der Waals surface area contributed by atoms with E-state index in [4.69, 9.17) is 32.8 Å². The number of hydroxylamine groups is 1. The summed E-state index contributed by atoms with van der Waals surface area (Å²) in [5, 5.41) is 0.651. The Bertz CT molecular complexity index is 869. The van der Waals surface area contributed by atoms with Crippen molar-refractivity contribution < 1.29 is 22.8 Å². The summed E-state index contributed by atoms with van der Waals surface area (Å²) < 4.78 is 30.4. The first-order valence-electron chi connectivity index (χ1n) is 7.00. The third-order valence-corrected chi connectivity index (χ3v) is 5.59. The van der Waals surface area contributed by atoms with Gasteiger partial charge in [-0.15, -0.1) is 0 Å². The summed E-state index contributed by atoms with van der Waals surface area (Å²) in [5.74, 6) is -0.739. The number of rotatable bonds is 6. The number of halogens is 2. The van der Waals surface area contributed by atoms with Crippen LogP contribution in [0.1, 0.15) is 15.9 Å². The van der Waals surface area contributed by atoms with E-state index in [2.05, 4.69) is 0 Å². The van der Waals surface area contributed by atoms with Crippen molar-refractivity contribution in [3.63, 3.8) is 0 Å². The van der Waals surface area contributed by atoms with Crippen molar-refractivity contribution in [1.29, 1.82) is 0 Å². The molecule has 2 rings (SSSR count). The monoisotopic (exact) mass is 403 g/mol. The smallest absolute Gasteiger partial charge is 0.340 e. The van der Waals surface area contributed by atoms with E-state index in [0.717, 1.165) is 11.6 Å². The van der Waals surface area contributed by atoms with E-state index in [-0.39, 0.29) is 22.1 Å². The van der Waals surface area contributed by atoms with E-state index in [1.807, 2.05) is 0 Å². The van der Waals surface area contributed by atoms with Crippen molar-refractivity contribution >= 4 is 39.2 Å². The van der Waals surface area contributed by atoms with Gasteiger partial charge in [0.25, 0.3) is 10.0 Å². The molecule has 0 aliphatic heterocycles. The van der Waals surface area contributed by atoms with Crippen LogP contribution in [0.4, 0.5) is 0 Å². The van der Waals surface area contributed by atoms with Crippen LogP contribution in [-0.2, 0) is 26.2 Å². The van der Waals surface area contributed by atoms with E-state index in [0.29, 0.717) is 9.49 Å². The molecule has 134 valence electrons. The second kappa shape index (κ2) is 8.16. The first-order valence-corrected chi connectivity index (χ1v) is 9.19. The lowest BCUT2D eigenvalue weighted by Gasteiger charge is -2.15. The molecule has 2 aromatic rings. The standard InChI is InChI=1S/C16H15Cl2NO5S/c1-19(23-2)25(21,22)13-7-8-15(18)14(9-13)16(20)24-10-11-3-5-12(17)6-4-11/h3-9H,10H2,1-2H3. The van der Waals surface area contributed by atoms with Crippen molar-refractivity contribution in [1.82, 2.24) is 4.47 Å². The highest BCUT2D eigenvalue weighted by molar-refractivity contribution is 7.89. The molecule has 0 spiro atoms. The number of ether oxygens (including phenoxy) is 1. The van der Waals surface area contributed by atoms with Gasteiger partial charge in [-0.1, -0.05) is 39.8 Å². The number of nitrogens with zero attached hydrogens (tertiary/aromatic N) is 1. The molecule has 0 N–H and O–H groups in total. The van der Waals surface area contributed by atoms with Crippen LogP contribution in [0, 0.1) is 0 Å². The molecule has 0 aliphatic carbocycles. The van der Waals surface area contributed by atoms with Crippen LogP contribution in [0.25, 0.3) is 0 Å². The third-order valence-electron chi connectivity index (χ3n) is 3.33. The molecule has 0 saturated carbocycles. The Morgan fingerprint density at radius 2 is 1.76 bits per heavy atom. The number of hydrogen-bond acceptors (Lipinski definition) is 5. The van der Waals surface area contributed by atoms with Gasteiger partial charge in [0, 0.05) is 12.1 Å². The molecule has 9 heteroatoms. The molecule has 0 aromatic heterocycles. The third kappa shape index (κ3) is 4.71. The Kier molecular flexibility index (Phi) is 6.42. The molecule has 0 saturated heterocycles. The van der Waals surface area contributed by atoms with Gasteiger partial charge in [-0.2, -0.15) is 0 Å². The number of carbonyl (C=O) groups excluding carboxylic acids is 1. The fourth-order valence-electron chi connectivity index (χ4n) is 1.88. The molecule has 0 bridgehead atoms. The highest BCUT2D eigenvalue weighted by atomic mass is 35.5. The fraction of sp³-hybridized carbons (Fsp3) is 0.188. The van der Waals surface area contributed by atoms with Gasteiger partial charge in [-0.05, 0) is 35.9 Å². The molecular weight excluding hydrogens is 389 g/mol. The SMILES string of the molecule is CON(C)S(=O)(=O)c1ccc(Cl)c(C(=O)OCc2ccc(Cl)cc2)c1. The molecule has 0 unspecified atom stereocenters. The molecule has 0 heterocycles. The minimum absolute atomic E-state index is 0.00127. The van der Waals surface area contributed by atoms with Crippen LogP contribution < -0.4 is 0 Å². The van der Waals surface area contributed by atoms with E-state index < -0.39 is 16.0 Å². The van der Waals surface area contributed by atoms with Gasteiger partial charge >= 0.3 is 5.97 Å². The summed E-state index contributed by atoms with van der Waals surface area (Å²) in [6.07, 6.45) is 0. The van der Waals surface area contributed by atoms with E-state index in [1.165, 1.54) is 26.3 Å². The zero-order chi connectivity index (χ0) is 18.6. The summed E-state index contributed by atoms with van der Waals surface area (Å²) in [6.45, 7) is 0.00127. The summed E-state index contributed by atoms with van der Waals surface area (Å²) in [4.78, 5) is 16.8. The topological polar surface area (TPSA) is 72.9 Å². The van der Waals surface area contributed by atoms with Crippen molar-refractivity contribution in [3.8, 4) is 0 Å². The van der Waals surface area contributed by atoms with Gasteiger partial charge in [0.1, 0.15) is 6.61 Å².